The molecule has 0 aliphatic carbocycles. The number of ether oxygens (including phenoxy) is 5. The van der Waals surface area contributed by atoms with Crippen LogP contribution in [0.25, 0.3) is 0 Å². The van der Waals surface area contributed by atoms with E-state index in [-0.39, 0.29) is 25.9 Å². The van der Waals surface area contributed by atoms with E-state index in [9.17, 15) is 34.5 Å². The summed E-state index contributed by atoms with van der Waals surface area (Å²) in [6.45, 7) is 5.57. The monoisotopic (exact) mass is 1050 g/mol. The van der Waals surface area contributed by atoms with E-state index in [1.165, 1.54) is 0 Å². The number of hydrogen-bond donors (Lipinski definition) is 3. The molecule has 0 amide bonds. The number of aliphatic carboxylic acids is 1. The molecule has 1 rings (SSSR count). The SMILES string of the molecule is CC/C=C\C/C=C\C/C=C\C/C=C\CCCCC(=O)OC(COC(=O)CCCCCCCCC/C=C\C/C=C\C/C=C\CC)COC1OC(C(=O)O)C(O)C(O)C1OC(=O)CCCCC/C=C\C/C=C\C/C=C\CC. The van der Waals surface area contributed by atoms with Gasteiger partial charge in [-0.3, -0.25) is 14.4 Å². The molecule has 1 aliphatic rings. The third-order valence-corrected chi connectivity index (χ3v) is 12.0. The highest BCUT2D eigenvalue weighted by Gasteiger charge is 2.50. The molecule has 1 saturated heterocycles. The van der Waals surface area contributed by atoms with Crippen LogP contribution in [-0.2, 0) is 42.9 Å². The van der Waals surface area contributed by atoms with E-state index in [2.05, 4.69) is 142 Å². The van der Waals surface area contributed by atoms with E-state index in [1.54, 1.807) is 0 Å². The first-order valence-corrected chi connectivity index (χ1v) is 28.5. The van der Waals surface area contributed by atoms with Crippen LogP contribution in [0.15, 0.2) is 122 Å². The molecule has 0 saturated carbocycles. The first-order valence-electron chi connectivity index (χ1n) is 28.5. The molecule has 3 N–H and O–H groups in total. The first-order chi connectivity index (χ1) is 36.6. The molecule has 12 heteroatoms. The van der Waals surface area contributed by atoms with Crippen LogP contribution in [0, 0.1) is 0 Å². The normalized spacial score (nSPS) is 19.1. The molecular weight excluding hydrogens is 949 g/mol. The average Bonchev–Trinajstić information content (AvgIpc) is 3.39. The van der Waals surface area contributed by atoms with E-state index in [4.69, 9.17) is 23.7 Å². The number of carboxylic acids is 1. The summed E-state index contributed by atoms with van der Waals surface area (Å²) in [7, 11) is 0. The molecular formula is C63H98O12. The van der Waals surface area contributed by atoms with Crippen LogP contribution in [0.1, 0.15) is 201 Å². The van der Waals surface area contributed by atoms with E-state index < -0.39 is 67.3 Å². The molecule has 0 spiro atoms. The standard InChI is InChI=1S/C63H98O12/c1-4-7-10-13-16-19-22-25-27-28-30-32-34-37-40-43-46-49-55(64)71-52-54(73-56(65)50-47-44-41-38-36-33-29-26-23-20-17-14-11-8-5-2)53-72-63-61(59(68)58(67)60(75-63)62(69)70)74-57(66)51-48-45-42-39-35-31-24-21-18-15-12-9-6-3/h7-12,16-21,25-27,29,31,35-36,38,54,58-61,63,67-68H,4-6,13-15,22-24,28,30,32-34,37,39-53H2,1-3H3,(H,69,70)/b10-7-,11-8-,12-9-,19-16-,20-17-,21-18-,27-25-,29-26-,35-31-,38-36-. The fourth-order valence-corrected chi connectivity index (χ4v) is 7.74. The smallest absolute Gasteiger partial charge is 0.335 e. The fraction of sp³-hybridized carbons (Fsp3) is 0.619. The van der Waals surface area contributed by atoms with Crippen molar-refractivity contribution in [3.05, 3.63) is 122 Å². The molecule has 0 aromatic carbocycles. The van der Waals surface area contributed by atoms with Gasteiger partial charge in [0.25, 0.3) is 0 Å². The Balaban J connectivity index is 2.76. The summed E-state index contributed by atoms with van der Waals surface area (Å²) in [6, 6.07) is 0. The number of carboxylic acid groups (broad SMARTS) is 1. The van der Waals surface area contributed by atoms with Crippen LogP contribution >= 0.6 is 0 Å². The molecule has 422 valence electrons. The van der Waals surface area contributed by atoms with Crippen molar-refractivity contribution in [1.29, 1.82) is 0 Å². The van der Waals surface area contributed by atoms with Crippen molar-refractivity contribution in [3.8, 4) is 0 Å². The molecule has 0 aromatic rings. The summed E-state index contributed by atoms with van der Waals surface area (Å²) < 4.78 is 28.3. The fourth-order valence-electron chi connectivity index (χ4n) is 7.74. The third kappa shape index (κ3) is 40.1. The molecule has 0 aromatic heterocycles. The van der Waals surface area contributed by atoms with Crippen LogP contribution in [-0.4, -0.2) is 89.2 Å². The summed E-state index contributed by atoms with van der Waals surface area (Å²) in [5, 5.41) is 31.4. The summed E-state index contributed by atoms with van der Waals surface area (Å²) in [4.78, 5) is 51.0. The molecule has 1 aliphatic heterocycles. The summed E-state index contributed by atoms with van der Waals surface area (Å²) in [5.74, 6) is -3.25. The Bertz CT molecular complexity index is 1770. The predicted octanol–water partition coefficient (Wildman–Crippen LogP) is 14.4. The van der Waals surface area contributed by atoms with Gasteiger partial charge >= 0.3 is 23.9 Å². The van der Waals surface area contributed by atoms with Gasteiger partial charge in [-0.05, 0) is 122 Å². The molecule has 1 heterocycles. The van der Waals surface area contributed by atoms with E-state index in [1.807, 2.05) is 0 Å². The van der Waals surface area contributed by atoms with Crippen LogP contribution in [0.2, 0.25) is 0 Å². The van der Waals surface area contributed by atoms with Gasteiger partial charge in [0.05, 0.1) is 6.61 Å². The molecule has 0 bridgehead atoms. The second-order valence-electron chi connectivity index (χ2n) is 18.8. The lowest BCUT2D eigenvalue weighted by molar-refractivity contribution is -0.301. The number of rotatable bonds is 46. The molecule has 75 heavy (non-hydrogen) atoms. The van der Waals surface area contributed by atoms with Crippen molar-refractivity contribution in [2.75, 3.05) is 13.2 Å². The Hall–Kier alpha value is -4.88. The lowest BCUT2D eigenvalue weighted by Crippen LogP contribution is -2.61. The molecule has 0 radical (unpaired) electrons. The Labute approximate surface area is 452 Å². The second kappa shape index (κ2) is 50.0. The molecule has 12 nitrogen and oxygen atoms in total. The van der Waals surface area contributed by atoms with Gasteiger partial charge in [0.15, 0.2) is 24.6 Å². The predicted molar refractivity (Wildman–Crippen MR) is 303 cm³/mol. The zero-order valence-electron chi connectivity index (χ0n) is 46.2. The van der Waals surface area contributed by atoms with Gasteiger partial charge in [-0.25, -0.2) is 4.79 Å². The van der Waals surface area contributed by atoms with Crippen LogP contribution < -0.4 is 0 Å². The number of esters is 3. The number of carbonyl (C=O) groups excluding carboxylic acids is 3. The minimum Gasteiger partial charge on any atom is -0.479 e. The van der Waals surface area contributed by atoms with E-state index >= 15 is 0 Å². The van der Waals surface area contributed by atoms with Gasteiger partial charge in [0.2, 0.25) is 0 Å². The number of aliphatic hydroxyl groups is 2. The van der Waals surface area contributed by atoms with Gasteiger partial charge in [-0.2, -0.15) is 0 Å². The maximum atomic E-state index is 13.1. The topological polar surface area (TPSA) is 175 Å². The Kier molecular flexibility index (Phi) is 45.4. The maximum Gasteiger partial charge on any atom is 0.335 e. The van der Waals surface area contributed by atoms with Crippen molar-refractivity contribution < 1.29 is 58.2 Å². The Morgan fingerprint density at radius 1 is 0.440 bits per heavy atom. The summed E-state index contributed by atoms with van der Waals surface area (Å²) in [6.07, 6.45) is 56.1. The number of hydrogen-bond acceptors (Lipinski definition) is 11. The van der Waals surface area contributed by atoms with Gasteiger partial charge in [0, 0.05) is 19.3 Å². The van der Waals surface area contributed by atoms with Gasteiger partial charge < -0.3 is 39.0 Å². The van der Waals surface area contributed by atoms with Gasteiger partial charge in [-0.15, -0.1) is 0 Å². The summed E-state index contributed by atoms with van der Waals surface area (Å²) >= 11 is 0. The van der Waals surface area contributed by atoms with Crippen molar-refractivity contribution in [2.45, 2.75) is 237 Å². The van der Waals surface area contributed by atoms with E-state index in [0.29, 0.717) is 19.3 Å². The van der Waals surface area contributed by atoms with Gasteiger partial charge in [-0.1, -0.05) is 181 Å². The largest absolute Gasteiger partial charge is 0.479 e. The minimum absolute atomic E-state index is 0.0127. The second-order valence-corrected chi connectivity index (χ2v) is 18.8. The van der Waals surface area contributed by atoms with Crippen molar-refractivity contribution in [2.24, 2.45) is 0 Å². The lowest BCUT2D eigenvalue weighted by Gasteiger charge is -2.40. The molecule has 6 unspecified atom stereocenters. The number of unbranched alkanes of at least 4 members (excludes halogenated alkanes) is 12. The highest BCUT2D eigenvalue weighted by molar-refractivity contribution is 5.74. The Morgan fingerprint density at radius 3 is 1.25 bits per heavy atom. The Morgan fingerprint density at radius 2 is 0.800 bits per heavy atom. The number of allylic oxidation sites excluding steroid dienone is 20. The average molecular weight is 1050 g/mol. The van der Waals surface area contributed by atoms with Crippen molar-refractivity contribution in [1.82, 2.24) is 0 Å². The lowest BCUT2D eigenvalue weighted by atomic mass is 9.98. The minimum atomic E-state index is -1.93. The summed E-state index contributed by atoms with van der Waals surface area (Å²) in [5.41, 5.74) is 0. The molecule has 6 atom stereocenters. The quantitative estimate of drug-likeness (QED) is 0.0228. The van der Waals surface area contributed by atoms with Crippen LogP contribution in [0.4, 0.5) is 0 Å². The zero-order chi connectivity index (χ0) is 54.7. The highest BCUT2D eigenvalue weighted by atomic mass is 16.7. The maximum absolute atomic E-state index is 13.1. The number of carbonyl (C=O) groups is 4. The van der Waals surface area contributed by atoms with Crippen molar-refractivity contribution in [3.63, 3.8) is 0 Å². The number of aliphatic hydroxyl groups excluding tert-OH is 2. The molecule has 1 fully saturated rings. The zero-order valence-corrected chi connectivity index (χ0v) is 46.2. The highest BCUT2D eigenvalue weighted by Crippen LogP contribution is 2.26. The van der Waals surface area contributed by atoms with Crippen LogP contribution in [0.3, 0.4) is 0 Å². The van der Waals surface area contributed by atoms with Crippen LogP contribution in [0.5, 0.6) is 0 Å². The third-order valence-electron chi connectivity index (χ3n) is 12.0. The first kappa shape index (κ1) is 68.1. The van der Waals surface area contributed by atoms with Gasteiger partial charge in [0.1, 0.15) is 18.8 Å². The van der Waals surface area contributed by atoms with Crippen molar-refractivity contribution >= 4 is 23.9 Å². The van der Waals surface area contributed by atoms with E-state index in [0.717, 1.165) is 141 Å².